The molecule has 152 valence electrons. The molecule has 0 N–H and O–H groups in total. The van der Waals surface area contributed by atoms with Crippen molar-refractivity contribution in [1.29, 1.82) is 0 Å². The van der Waals surface area contributed by atoms with Crippen LogP contribution in [-0.4, -0.2) is 34.1 Å². The van der Waals surface area contributed by atoms with Crippen molar-refractivity contribution in [3.8, 4) is 0 Å². The lowest BCUT2D eigenvalue weighted by Gasteiger charge is -2.32. The van der Waals surface area contributed by atoms with Crippen LogP contribution in [0.4, 0.5) is 5.69 Å². The maximum absolute atomic E-state index is 12.7. The standard InChI is InChI=1S/C17H16BrCl2NO5S2/c1-3-28(25,26)10(2)21(27(23)24)16-9-14(18)13(8-15(16)20)17(22)11-4-6-12(19)7-5-11/h4-10H,3H2,1-2H3,(H,23,24)/p-1. The first-order chi connectivity index (χ1) is 13.0. The molecule has 0 bridgehead atoms. The molecule has 0 radical (unpaired) electrons. The van der Waals surface area contributed by atoms with Gasteiger partial charge in [-0.05, 0) is 59.3 Å². The van der Waals surface area contributed by atoms with Crippen molar-refractivity contribution in [2.24, 2.45) is 0 Å². The quantitative estimate of drug-likeness (QED) is 0.393. The van der Waals surface area contributed by atoms with Crippen LogP contribution in [0.2, 0.25) is 10.0 Å². The molecule has 0 aliphatic rings. The van der Waals surface area contributed by atoms with Gasteiger partial charge in [0.1, 0.15) is 5.37 Å². The van der Waals surface area contributed by atoms with Crippen molar-refractivity contribution in [1.82, 2.24) is 0 Å². The summed E-state index contributed by atoms with van der Waals surface area (Å²) in [5, 5.41) is -0.968. The first-order valence-corrected chi connectivity index (χ1v) is 12.2. The zero-order valence-electron chi connectivity index (χ0n) is 14.7. The summed E-state index contributed by atoms with van der Waals surface area (Å²) in [6.07, 6.45) is 0. The Hall–Kier alpha value is -0.970. The predicted octanol–water partition coefficient (Wildman–Crippen LogP) is 4.37. The van der Waals surface area contributed by atoms with E-state index in [1.165, 1.54) is 26.0 Å². The Morgan fingerprint density at radius 1 is 1.25 bits per heavy atom. The van der Waals surface area contributed by atoms with Gasteiger partial charge >= 0.3 is 0 Å². The molecule has 2 aromatic rings. The lowest BCUT2D eigenvalue weighted by Crippen LogP contribution is -2.41. The van der Waals surface area contributed by atoms with Gasteiger partial charge in [-0.3, -0.25) is 13.3 Å². The first-order valence-electron chi connectivity index (χ1n) is 7.89. The van der Waals surface area contributed by atoms with E-state index in [9.17, 15) is 22.0 Å². The van der Waals surface area contributed by atoms with Gasteiger partial charge in [-0.1, -0.05) is 30.1 Å². The number of hydrogen-bond acceptors (Lipinski definition) is 5. The van der Waals surface area contributed by atoms with Crippen LogP contribution in [0.15, 0.2) is 40.9 Å². The molecule has 0 amide bonds. The zero-order valence-corrected chi connectivity index (χ0v) is 19.4. The van der Waals surface area contributed by atoms with E-state index in [0.29, 0.717) is 14.9 Å². The van der Waals surface area contributed by atoms with E-state index in [2.05, 4.69) is 15.9 Å². The molecule has 0 spiro atoms. The number of benzene rings is 2. The van der Waals surface area contributed by atoms with E-state index in [1.807, 2.05) is 0 Å². The van der Waals surface area contributed by atoms with Gasteiger partial charge in [-0.2, -0.15) is 0 Å². The van der Waals surface area contributed by atoms with Crippen LogP contribution in [0, 0.1) is 0 Å². The van der Waals surface area contributed by atoms with Crippen molar-refractivity contribution in [2.45, 2.75) is 19.2 Å². The molecule has 28 heavy (non-hydrogen) atoms. The third kappa shape index (κ3) is 4.95. The molecule has 11 heteroatoms. The molecule has 0 aliphatic heterocycles. The van der Waals surface area contributed by atoms with E-state index < -0.39 is 26.5 Å². The number of ketones is 1. The number of anilines is 1. The van der Waals surface area contributed by atoms with Gasteiger partial charge in [0, 0.05) is 37.6 Å². The van der Waals surface area contributed by atoms with Gasteiger partial charge in [0.2, 0.25) is 0 Å². The smallest absolute Gasteiger partial charge is 0.194 e. The number of halogens is 3. The van der Waals surface area contributed by atoms with Crippen molar-refractivity contribution in [2.75, 3.05) is 10.1 Å². The van der Waals surface area contributed by atoms with Crippen molar-refractivity contribution >= 4 is 71.7 Å². The van der Waals surface area contributed by atoms with E-state index in [0.717, 1.165) is 0 Å². The van der Waals surface area contributed by atoms with E-state index >= 15 is 0 Å². The Kier molecular flexibility index (Phi) is 7.69. The predicted molar refractivity (Wildman–Crippen MR) is 114 cm³/mol. The molecular weight excluding hydrogens is 513 g/mol. The molecule has 0 aromatic heterocycles. The van der Waals surface area contributed by atoms with E-state index in [-0.39, 0.29) is 32.3 Å². The number of carbonyl (C=O) groups excluding carboxylic acids is 1. The topological polar surface area (TPSA) is 94.6 Å². The molecule has 0 saturated carbocycles. The number of carbonyl (C=O) groups is 1. The molecule has 2 unspecified atom stereocenters. The maximum atomic E-state index is 12.7. The summed E-state index contributed by atoms with van der Waals surface area (Å²) in [4.78, 5) is 12.7. The third-order valence-electron chi connectivity index (χ3n) is 4.04. The highest BCUT2D eigenvalue weighted by Gasteiger charge is 2.29. The van der Waals surface area contributed by atoms with Gasteiger partial charge in [-0.15, -0.1) is 0 Å². The van der Waals surface area contributed by atoms with Gasteiger partial charge in [-0.25, -0.2) is 8.42 Å². The zero-order chi connectivity index (χ0) is 21.2. The van der Waals surface area contributed by atoms with Crippen LogP contribution in [-0.2, 0) is 21.1 Å². The Morgan fingerprint density at radius 3 is 2.32 bits per heavy atom. The molecule has 0 heterocycles. The van der Waals surface area contributed by atoms with Crippen molar-refractivity contribution in [3.63, 3.8) is 0 Å². The van der Waals surface area contributed by atoms with Gasteiger partial charge in [0.15, 0.2) is 15.6 Å². The number of rotatable bonds is 7. The van der Waals surface area contributed by atoms with E-state index in [1.54, 1.807) is 24.3 Å². The lowest BCUT2D eigenvalue weighted by molar-refractivity contribution is 0.103. The number of nitrogens with zero attached hydrogens (tertiary/aromatic N) is 1. The SMILES string of the molecule is CCS(=O)(=O)C(C)N(c1cc(Br)c(C(=O)c2ccc(Cl)cc2)cc1Cl)S(=O)[O-]. The second-order valence-electron chi connectivity index (χ2n) is 5.71. The van der Waals surface area contributed by atoms with Crippen LogP contribution in [0.25, 0.3) is 0 Å². The number of hydrogen-bond donors (Lipinski definition) is 0. The molecule has 2 atom stereocenters. The monoisotopic (exact) mass is 526 g/mol. The highest BCUT2D eigenvalue weighted by atomic mass is 79.9. The summed E-state index contributed by atoms with van der Waals surface area (Å²) in [6, 6.07) is 8.84. The fourth-order valence-electron chi connectivity index (χ4n) is 2.42. The third-order valence-corrected chi connectivity index (χ3v) is 8.27. The molecule has 0 fully saturated rings. The normalized spacial score (nSPS) is 13.8. The molecule has 0 saturated heterocycles. The summed E-state index contributed by atoms with van der Waals surface area (Å²) < 4.78 is 48.8. The Bertz CT molecular complexity index is 1030. The second kappa shape index (κ2) is 9.23. The molecule has 6 nitrogen and oxygen atoms in total. The first kappa shape index (κ1) is 23.3. The average Bonchev–Trinajstić information content (AvgIpc) is 2.64. The van der Waals surface area contributed by atoms with Crippen LogP contribution in [0.3, 0.4) is 0 Å². The van der Waals surface area contributed by atoms with Crippen LogP contribution < -0.4 is 4.31 Å². The summed E-state index contributed by atoms with van der Waals surface area (Å²) >= 11 is 12.4. The Morgan fingerprint density at radius 2 is 1.82 bits per heavy atom. The Balaban J connectivity index is 2.53. The Labute approximate surface area is 184 Å². The number of sulfone groups is 1. The highest BCUT2D eigenvalue weighted by Crippen LogP contribution is 2.35. The minimum absolute atomic E-state index is 0.0564. The maximum Gasteiger partial charge on any atom is 0.194 e. The van der Waals surface area contributed by atoms with Crippen LogP contribution >= 0.6 is 39.1 Å². The lowest BCUT2D eigenvalue weighted by atomic mass is 10.0. The van der Waals surface area contributed by atoms with Gasteiger partial charge in [0.25, 0.3) is 0 Å². The average molecular weight is 528 g/mol. The minimum Gasteiger partial charge on any atom is -0.755 e. The second-order valence-corrected chi connectivity index (χ2v) is 10.8. The summed E-state index contributed by atoms with van der Waals surface area (Å²) in [5.41, 5.74) is 0.498. The van der Waals surface area contributed by atoms with Crippen molar-refractivity contribution < 1.29 is 22.0 Å². The minimum atomic E-state index is -3.71. The highest BCUT2D eigenvalue weighted by molar-refractivity contribution is 9.10. The molecule has 2 aromatic carbocycles. The molecular formula is C17H15BrCl2NO5S2-. The molecule has 0 aliphatic carbocycles. The largest absolute Gasteiger partial charge is 0.755 e. The van der Waals surface area contributed by atoms with Crippen LogP contribution in [0.5, 0.6) is 0 Å². The van der Waals surface area contributed by atoms with Gasteiger partial charge in [0.05, 0.1) is 10.7 Å². The fraction of sp³-hybridized carbons (Fsp3) is 0.235. The molecule has 2 rings (SSSR count). The summed E-state index contributed by atoms with van der Waals surface area (Å²) in [7, 11) is -3.71. The fourth-order valence-corrected chi connectivity index (χ4v) is 5.41. The van der Waals surface area contributed by atoms with E-state index in [4.69, 9.17) is 23.2 Å². The van der Waals surface area contributed by atoms with Crippen molar-refractivity contribution in [3.05, 3.63) is 62.0 Å². The van der Waals surface area contributed by atoms with Crippen LogP contribution in [0.1, 0.15) is 29.8 Å². The summed E-state index contributed by atoms with van der Waals surface area (Å²) in [5.74, 6) is -0.602. The van der Waals surface area contributed by atoms with Gasteiger partial charge < -0.3 is 4.55 Å². The summed E-state index contributed by atoms with van der Waals surface area (Å²) in [6.45, 7) is 2.68.